The summed E-state index contributed by atoms with van der Waals surface area (Å²) in [5.41, 5.74) is -0.00926. The van der Waals surface area contributed by atoms with E-state index in [0.29, 0.717) is 5.95 Å². The molecular formula is C7H12N4O. The predicted octanol–water partition coefficient (Wildman–Crippen LogP) is 0.0512. The highest BCUT2D eigenvalue weighted by atomic mass is 16.2. The molecule has 1 aromatic rings. The van der Waals surface area contributed by atoms with E-state index in [-0.39, 0.29) is 11.7 Å². The first kappa shape index (κ1) is 7.39. The summed E-state index contributed by atoms with van der Waals surface area (Å²) in [7, 11) is 0. The molecule has 2 rings (SSSR count). The smallest absolute Gasteiger partial charge is 0.347 e. The summed E-state index contributed by atoms with van der Waals surface area (Å²) in [4.78, 5) is 11.5. The molecule has 0 spiro atoms. The van der Waals surface area contributed by atoms with Gasteiger partial charge < -0.3 is 5.32 Å². The van der Waals surface area contributed by atoms with E-state index < -0.39 is 0 Å². The van der Waals surface area contributed by atoms with Crippen LogP contribution in [0.4, 0.5) is 5.95 Å². The number of fused-ring (bicyclic) bond motifs is 1. The molecule has 1 aliphatic heterocycles. The standard InChI is InChI=1S/C7H12N4O/c1-5(2)11-7(12)10-4-3-8-6(10)9-11/h5H,3-4H2,1-2H3,(H,8,9). The molecule has 0 aliphatic carbocycles. The van der Waals surface area contributed by atoms with E-state index >= 15 is 0 Å². The summed E-state index contributed by atoms with van der Waals surface area (Å²) in [5, 5.41) is 7.19. The summed E-state index contributed by atoms with van der Waals surface area (Å²) < 4.78 is 3.17. The van der Waals surface area contributed by atoms with Crippen molar-refractivity contribution >= 4 is 5.95 Å². The van der Waals surface area contributed by atoms with Gasteiger partial charge in [0, 0.05) is 13.1 Å². The van der Waals surface area contributed by atoms with Gasteiger partial charge in [0.05, 0.1) is 6.04 Å². The van der Waals surface area contributed by atoms with Crippen molar-refractivity contribution in [2.24, 2.45) is 0 Å². The highest BCUT2D eigenvalue weighted by Gasteiger charge is 2.18. The second-order valence-corrected chi connectivity index (χ2v) is 3.22. The lowest BCUT2D eigenvalue weighted by molar-refractivity contribution is 0.502. The van der Waals surface area contributed by atoms with Gasteiger partial charge in [-0.2, -0.15) is 0 Å². The fraction of sp³-hybridized carbons (Fsp3) is 0.714. The topological polar surface area (TPSA) is 51.9 Å². The number of nitrogens with one attached hydrogen (secondary N) is 1. The van der Waals surface area contributed by atoms with E-state index in [4.69, 9.17) is 0 Å². The van der Waals surface area contributed by atoms with E-state index in [1.807, 2.05) is 13.8 Å². The summed E-state index contributed by atoms with van der Waals surface area (Å²) in [5.74, 6) is 0.703. The lowest BCUT2D eigenvalue weighted by Gasteiger charge is -2.01. The number of anilines is 1. The zero-order valence-corrected chi connectivity index (χ0v) is 7.24. The Morgan fingerprint density at radius 1 is 1.58 bits per heavy atom. The van der Waals surface area contributed by atoms with Crippen LogP contribution < -0.4 is 11.0 Å². The third kappa shape index (κ3) is 0.855. The minimum Gasteiger partial charge on any atom is -0.352 e. The summed E-state index contributed by atoms with van der Waals surface area (Å²) in [6, 6.07) is 0.136. The first-order chi connectivity index (χ1) is 5.70. The van der Waals surface area contributed by atoms with Crippen molar-refractivity contribution in [3.05, 3.63) is 10.5 Å². The molecule has 0 saturated carbocycles. The van der Waals surface area contributed by atoms with Crippen LogP contribution in [-0.2, 0) is 6.54 Å². The maximum absolute atomic E-state index is 11.5. The Hall–Kier alpha value is -1.26. The molecule has 66 valence electrons. The van der Waals surface area contributed by atoms with Crippen LogP contribution in [0, 0.1) is 0 Å². The van der Waals surface area contributed by atoms with Gasteiger partial charge in [-0.3, -0.25) is 4.57 Å². The number of hydrogen-bond donors (Lipinski definition) is 1. The minimum absolute atomic E-state index is 0.00926. The molecule has 0 bridgehead atoms. The van der Waals surface area contributed by atoms with Crippen molar-refractivity contribution < 1.29 is 0 Å². The Morgan fingerprint density at radius 2 is 2.33 bits per heavy atom. The number of hydrogen-bond acceptors (Lipinski definition) is 3. The van der Waals surface area contributed by atoms with Crippen LogP contribution in [0.25, 0.3) is 0 Å². The molecule has 0 atom stereocenters. The van der Waals surface area contributed by atoms with Gasteiger partial charge in [-0.05, 0) is 13.8 Å². The monoisotopic (exact) mass is 168 g/mol. The summed E-state index contributed by atoms with van der Waals surface area (Å²) in [6.07, 6.45) is 0. The van der Waals surface area contributed by atoms with Crippen molar-refractivity contribution in [1.29, 1.82) is 0 Å². The van der Waals surface area contributed by atoms with Crippen molar-refractivity contribution in [3.8, 4) is 0 Å². The van der Waals surface area contributed by atoms with Crippen LogP contribution in [0.2, 0.25) is 0 Å². The lowest BCUT2D eigenvalue weighted by Crippen LogP contribution is -2.26. The van der Waals surface area contributed by atoms with Gasteiger partial charge in [-0.25, -0.2) is 9.48 Å². The maximum Gasteiger partial charge on any atom is 0.347 e. The molecule has 1 N–H and O–H groups in total. The van der Waals surface area contributed by atoms with E-state index in [0.717, 1.165) is 13.1 Å². The van der Waals surface area contributed by atoms with Crippen LogP contribution in [0.3, 0.4) is 0 Å². The zero-order valence-electron chi connectivity index (χ0n) is 7.24. The second kappa shape index (κ2) is 2.36. The van der Waals surface area contributed by atoms with E-state index in [9.17, 15) is 4.79 Å². The predicted molar refractivity (Wildman–Crippen MR) is 45.4 cm³/mol. The Morgan fingerprint density at radius 3 is 2.92 bits per heavy atom. The van der Waals surface area contributed by atoms with Gasteiger partial charge in [-0.15, -0.1) is 5.10 Å². The van der Waals surface area contributed by atoms with Crippen molar-refractivity contribution in [2.45, 2.75) is 26.4 Å². The first-order valence-electron chi connectivity index (χ1n) is 4.13. The fourth-order valence-electron chi connectivity index (χ4n) is 1.36. The van der Waals surface area contributed by atoms with E-state index in [1.165, 1.54) is 4.68 Å². The van der Waals surface area contributed by atoms with Crippen molar-refractivity contribution in [2.75, 3.05) is 11.9 Å². The molecule has 0 amide bonds. The summed E-state index contributed by atoms with van der Waals surface area (Å²) >= 11 is 0. The van der Waals surface area contributed by atoms with Gasteiger partial charge in [0.1, 0.15) is 0 Å². The van der Waals surface area contributed by atoms with Gasteiger partial charge in [-0.1, -0.05) is 0 Å². The minimum atomic E-state index is -0.00926. The number of nitrogens with zero attached hydrogens (tertiary/aromatic N) is 3. The summed E-state index contributed by atoms with van der Waals surface area (Å²) in [6.45, 7) is 5.45. The maximum atomic E-state index is 11.5. The average molecular weight is 168 g/mol. The quantitative estimate of drug-likeness (QED) is 0.644. The molecule has 0 saturated heterocycles. The molecule has 0 fully saturated rings. The Bertz CT molecular complexity index is 349. The van der Waals surface area contributed by atoms with Crippen LogP contribution in [-0.4, -0.2) is 20.9 Å². The van der Waals surface area contributed by atoms with Gasteiger partial charge in [0.15, 0.2) is 0 Å². The molecule has 5 nitrogen and oxygen atoms in total. The normalized spacial score (nSPS) is 14.9. The van der Waals surface area contributed by atoms with Crippen LogP contribution >= 0.6 is 0 Å². The molecule has 0 unspecified atom stereocenters. The Balaban J connectivity index is 2.55. The Kier molecular flexibility index (Phi) is 1.46. The molecule has 0 aromatic carbocycles. The third-order valence-corrected chi connectivity index (χ3v) is 1.99. The highest BCUT2D eigenvalue weighted by Crippen LogP contribution is 2.08. The molecule has 2 heterocycles. The highest BCUT2D eigenvalue weighted by molar-refractivity contribution is 5.27. The van der Waals surface area contributed by atoms with Crippen LogP contribution in [0.1, 0.15) is 19.9 Å². The molecule has 1 aromatic heterocycles. The average Bonchev–Trinajstić information content (AvgIpc) is 2.53. The van der Waals surface area contributed by atoms with Gasteiger partial charge in [0.2, 0.25) is 5.95 Å². The van der Waals surface area contributed by atoms with E-state index in [2.05, 4.69) is 10.4 Å². The fourth-order valence-corrected chi connectivity index (χ4v) is 1.36. The van der Waals surface area contributed by atoms with Crippen molar-refractivity contribution in [1.82, 2.24) is 14.3 Å². The SMILES string of the molecule is CC(C)n1nc2n(c1=O)CCN2. The zero-order chi connectivity index (χ0) is 8.72. The molecule has 0 radical (unpaired) electrons. The first-order valence-corrected chi connectivity index (χ1v) is 4.13. The van der Waals surface area contributed by atoms with Gasteiger partial charge in [0.25, 0.3) is 0 Å². The molecular weight excluding hydrogens is 156 g/mol. The molecule has 5 heteroatoms. The molecule has 1 aliphatic rings. The number of aromatic nitrogens is 3. The van der Waals surface area contributed by atoms with Crippen LogP contribution in [0.5, 0.6) is 0 Å². The largest absolute Gasteiger partial charge is 0.352 e. The van der Waals surface area contributed by atoms with Crippen LogP contribution in [0.15, 0.2) is 4.79 Å². The van der Waals surface area contributed by atoms with E-state index in [1.54, 1.807) is 4.57 Å². The Labute approximate surface area is 70.0 Å². The molecule has 12 heavy (non-hydrogen) atoms. The second-order valence-electron chi connectivity index (χ2n) is 3.22. The van der Waals surface area contributed by atoms with Gasteiger partial charge >= 0.3 is 5.69 Å². The lowest BCUT2D eigenvalue weighted by atomic mass is 10.4. The third-order valence-electron chi connectivity index (χ3n) is 1.99. The number of rotatable bonds is 1. The van der Waals surface area contributed by atoms with Crippen molar-refractivity contribution in [3.63, 3.8) is 0 Å².